The van der Waals surface area contributed by atoms with Gasteiger partial charge in [0.2, 0.25) is 0 Å². The highest BCUT2D eigenvalue weighted by Crippen LogP contribution is 2.59. The molecule has 2 aliphatic carbocycles. The number of rotatable bonds is 7. The predicted molar refractivity (Wildman–Crippen MR) is 117 cm³/mol. The van der Waals surface area contributed by atoms with Crippen molar-refractivity contribution in [2.24, 2.45) is 11.1 Å². The van der Waals surface area contributed by atoms with Crippen molar-refractivity contribution in [1.82, 2.24) is 9.55 Å². The molecule has 0 radical (unpaired) electrons. The van der Waals surface area contributed by atoms with Gasteiger partial charge >= 0.3 is 19.5 Å². The summed E-state index contributed by atoms with van der Waals surface area (Å²) < 4.78 is 42.4. The van der Waals surface area contributed by atoms with Crippen LogP contribution in [0.15, 0.2) is 21.9 Å². The molecular weight excluding hydrogens is 469 g/mol. The molecule has 3 heterocycles. The van der Waals surface area contributed by atoms with Crippen LogP contribution in [0.3, 0.4) is 0 Å². The van der Waals surface area contributed by atoms with Crippen molar-refractivity contribution in [1.29, 1.82) is 0 Å². The zero-order chi connectivity index (χ0) is 24.1. The second-order valence-electron chi connectivity index (χ2n) is 9.85. The SMILES string of the molecule is C[C@@]1(N)[C@@H]2O[P@@](=O)(OCCC3(C(=O)OC4CCCC4)CC3)OC[C@H]2O[C@H]1n1ccc(=O)[nH]c1=O. The maximum absolute atomic E-state index is 13.2. The van der Waals surface area contributed by atoms with Gasteiger partial charge in [0.25, 0.3) is 5.56 Å². The average Bonchev–Trinajstić information content (AvgIpc) is 3.30. The molecule has 13 heteroatoms. The lowest BCUT2D eigenvalue weighted by molar-refractivity contribution is -0.156. The van der Waals surface area contributed by atoms with Gasteiger partial charge in [-0.25, -0.2) is 9.36 Å². The molecule has 4 aliphatic rings. The molecule has 34 heavy (non-hydrogen) atoms. The quantitative estimate of drug-likeness (QED) is 0.414. The number of hydrogen-bond acceptors (Lipinski definition) is 10. The number of carbonyl (C=O) groups excluding carboxylic acids is 1. The van der Waals surface area contributed by atoms with E-state index in [0.29, 0.717) is 19.3 Å². The van der Waals surface area contributed by atoms with Crippen molar-refractivity contribution in [3.63, 3.8) is 0 Å². The molecule has 12 nitrogen and oxygen atoms in total. The maximum atomic E-state index is 13.2. The summed E-state index contributed by atoms with van der Waals surface area (Å²) in [5.74, 6) is -0.209. The first-order valence-corrected chi connectivity index (χ1v) is 13.1. The number of nitrogens with one attached hydrogen (secondary N) is 1. The Morgan fingerprint density at radius 2 is 2.06 bits per heavy atom. The van der Waals surface area contributed by atoms with Gasteiger partial charge in [-0.05, 0) is 51.9 Å². The lowest BCUT2D eigenvalue weighted by Crippen LogP contribution is -2.55. The van der Waals surface area contributed by atoms with Gasteiger partial charge < -0.3 is 15.2 Å². The number of nitrogens with zero attached hydrogens (tertiary/aromatic N) is 1. The van der Waals surface area contributed by atoms with Crippen molar-refractivity contribution in [2.45, 2.75) is 81.9 Å². The van der Waals surface area contributed by atoms with Crippen LogP contribution in [0.2, 0.25) is 0 Å². The minimum absolute atomic E-state index is 0.000612. The number of fused-ring (bicyclic) bond motifs is 1. The van der Waals surface area contributed by atoms with E-state index in [4.69, 9.17) is 28.8 Å². The van der Waals surface area contributed by atoms with Crippen LogP contribution in [0.5, 0.6) is 0 Å². The Morgan fingerprint density at radius 3 is 2.74 bits per heavy atom. The molecule has 4 fully saturated rings. The summed E-state index contributed by atoms with van der Waals surface area (Å²) >= 11 is 0. The first kappa shape index (κ1) is 23.9. The van der Waals surface area contributed by atoms with E-state index >= 15 is 0 Å². The average molecular weight is 499 g/mol. The largest absolute Gasteiger partial charge is 0.475 e. The van der Waals surface area contributed by atoms with Gasteiger partial charge in [0, 0.05) is 12.3 Å². The van der Waals surface area contributed by atoms with Crippen molar-refractivity contribution < 1.29 is 32.4 Å². The van der Waals surface area contributed by atoms with Crippen LogP contribution in [0, 0.1) is 5.41 Å². The molecule has 0 unspecified atom stereocenters. The molecule has 0 bridgehead atoms. The summed E-state index contributed by atoms with van der Waals surface area (Å²) in [5.41, 5.74) is 3.36. The summed E-state index contributed by atoms with van der Waals surface area (Å²) in [7, 11) is -3.98. The zero-order valence-electron chi connectivity index (χ0n) is 19.0. The van der Waals surface area contributed by atoms with E-state index in [2.05, 4.69) is 4.98 Å². The molecule has 2 aliphatic heterocycles. The third-order valence-corrected chi connectivity index (χ3v) is 8.67. The Labute approximate surface area is 195 Å². The number of nitrogens with two attached hydrogens (primary N) is 1. The van der Waals surface area contributed by atoms with Gasteiger partial charge in [-0.2, -0.15) is 0 Å². The number of phosphoric ester groups is 1. The van der Waals surface area contributed by atoms with E-state index in [1.54, 1.807) is 6.92 Å². The van der Waals surface area contributed by atoms with Gasteiger partial charge in [0.15, 0.2) is 6.23 Å². The monoisotopic (exact) mass is 499 g/mol. The van der Waals surface area contributed by atoms with E-state index in [1.807, 2.05) is 0 Å². The van der Waals surface area contributed by atoms with Crippen LogP contribution in [0.1, 0.15) is 58.1 Å². The summed E-state index contributed by atoms with van der Waals surface area (Å²) in [6.07, 6.45) is 4.46. The summed E-state index contributed by atoms with van der Waals surface area (Å²) in [6.45, 7) is 1.49. The van der Waals surface area contributed by atoms with Crippen LogP contribution in [0.4, 0.5) is 0 Å². The summed E-state index contributed by atoms with van der Waals surface area (Å²) in [6, 6.07) is 1.18. The number of ether oxygens (including phenoxy) is 2. The van der Waals surface area contributed by atoms with Gasteiger partial charge in [0.1, 0.15) is 18.3 Å². The minimum atomic E-state index is -3.98. The lowest BCUT2D eigenvalue weighted by atomic mass is 9.93. The fraction of sp³-hybridized carbons (Fsp3) is 0.762. The van der Waals surface area contributed by atoms with E-state index in [9.17, 15) is 18.9 Å². The second kappa shape index (κ2) is 8.69. The number of phosphoric acid groups is 1. The molecule has 2 saturated carbocycles. The zero-order valence-corrected chi connectivity index (χ0v) is 19.9. The number of esters is 1. The third kappa shape index (κ3) is 4.43. The van der Waals surface area contributed by atoms with Gasteiger partial charge in [-0.3, -0.25) is 32.7 Å². The number of carbonyl (C=O) groups is 1. The molecule has 188 valence electrons. The van der Waals surface area contributed by atoms with Crippen molar-refractivity contribution in [3.05, 3.63) is 33.1 Å². The normalized spacial score (nSPS) is 36.8. The topological polar surface area (TPSA) is 161 Å². The number of hydrogen-bond donors (Lipinski definition) is 2. The van der Waals surface area contributed by atoms with Gasteiger partial charge in [-0.1, -0.05) is 0 Å². The first-order valence-electron chi connectivity index (χ1n) is 11.7. The van der Waals surface area contributed by atoms with E-state index < -0.39 is 48.5 Å². The van der Waals surface area contributed by atoms with Crippen molar-refractivity contribution in [2.75, 3.05) is 13.2 Å². The van der Waals surface area contributed by atoms with Crippen LogP contribution in [-0.2, 0) is 32.4 Å². The van der Waals surface area contributed by atoms with E-state index in [1.165, 1.54) is 12.3 Å². The highest BCUT2D eigenvalue weighted by molar-refractivity contribution is 7.48. The summed E-state index contributed by atoms with van der Waals surface area (Å²) in [4.78, 5) is 38.4. The number of H-pyrrole nitrogens is 1. The Balaban J connectivity index is 1.20. The van der Waals surface area contributed by atoms with E-state index in [0.717, 1.165) is 30.3 Å². The Morgan fingerprint density at radius 1 is 1.32 bits per heavy atom. The molecule has 0 amide bonds. The van der Waals surface area contributed by atoms with E-state index in [-0.39, 0.29) is 25.3 Å². The van der Waals surface area contributed by atoms with Crippen LogP contribution >= 0.6 is 7.82 Å². The fourth-order valence-electron chi connectivity index (χ4n) is 4.95. The predicted octanol–water partition coefficient (Wildman–Crippen LogP) is 1.35. The highest BCUT2D eigenvalue weighted by atomic mass is 31.2. The maximum Gasteiger partial charge on any atom is 0.475 e. The number of aromatic nitrogens is 2. The second-order valence-corrected chi connectivity index (χ2v) is 11.5. The molecule has 3 N–H and O–H groups in total. The third-order valence-electron chi connectivity index (χ3n) is 7.22. The molecule has 1 aromatic heterocycles. The van der Waals surface area contributed by atoms with Gasteiger partial charge in [0.05, 0.1) is 24.2 Å². The molecule has 0 spiro atoms. The van der Waals surface area contributed by atoms with Gasteiger partial charge in [-0.15, -0.1) is 0 Å². The number of aromatic amines is 1. The molecule has 1 aromatic rings. The first-order chi connectivity index (χ1) is 16.1. The highest BCUT2D eigenvalue weighted by Gasteiger charge is 2.59. The molecule has 5 rings (SSSR count). The Kier molecular flexibility index (Phi) is 6.11. The molecule has 0 aromatic carbocycles. The van der Waals surface area contributed by atoms with Crippen molar-refractivity contribution in [3.8, 4) is 0 Å². The molecule has 2 saturated heterocycles. The smallest absolute Gasteiger partial charge is 0.462 e. The fourth-order valence-corrected chi connectivity index (χ4v) is 6.44. The van der Waals surface area contributed by atoms with Crippen LogP contribution in [0.25, 0.3) is 0 Å². The molecule has 5 atom stereocenters. The Bertz CT molecular complexity index is 1110. The van der Waals surface area contributed by atoms with Crippen LogP contribution in [-0.4, -0.2) is 52.6 Å². The minimum Gasteiger partial charge on any atom is -0.462 e. The Hall–Kier alpha value is -1.82. The molecular formula is C21H30N3O9P. The summed E-state index contributed by atoms with van der Waals surface area (Å²) in [5, 5.41) is 0. The lowest BCUT2D eigenvalue weighted by Gasteiger charge is -2.35. The van der Waals surface area contributed by atoms with Crippen molar-refractivity contribution >= 4 is 13.8 Å². The van der Waals surface area contributed by atoms with Crippen LogP contribution < -0.4 is 17.0 Å². The standard InChI is InChI=1S/C21H30N3O9P/c1-20(22)16-14(32-17(20)24-10-6-15(25)23-19(24)27)12-30-34(28,33-16)29-11-9-21(7-8-21)18(26)31-13-4-2-3-5-13/h6,10,13-14,16-17H,2-5,7-9,11-12,22H2,1H3,(H,23,25,27)/t14-,16-,17-,20-,34+/m1/s1.